The van der Waals surface area contributed by atoms with E-state index in [4.69, 9.17) is 25.8 Å². The van der Waals surface area contributed by atoms with Crippen molar-refractivity contribution in [2.75, 3.05) is 20.3 Å². The van der Waals surface area contributed by atoms with Gasteiger partial charge in [0.2, 0.25) is 0 Å². The zero-order valence-electron chi connectivity index (χ0n) is 13.8. The summed E-state index contributed by atoms with van der Waals surface area (Å²) in [6.07, 6.45) is 0. The van der Waals surface area contributed by atoms with Crippen LogP contribution in [0.2, 0.25) is 5.02 Å². The molecule has 0 bridgehead atoms. The lowest BCUT2D eigenvalue weighted by Crippen LogP contribution is -2.27. The molecule has 132 valence electrons. The highest BCUT2D eigenvalue weighted by molar-refractivity contribution is 9.10. The summed E-state index contributed by atoms with van der Waals surface area (Å²) in [4.78, 5) is 12.6. The lowest BCUT2D eigenvalue weighted by molar-refractivity contribution is 0.0936. The summed E-state index contributed by atoms with van der Waals surface area (Å²) in [7, 11) is 1.50. The van der Waals surface area contributed by atoms with Gasteiger partial charge >= 0.3 is 0 Å². The zero-order valence-corrected chi connectivity index (χ0v) is 16.1. The van der Waals surface area contributed by atoms with Crippen molar-refractivity contribution < 1.29 is 19.0 Å². The molecular weight excluding hydrogens is 410 g/mol. The van der Waals surface area contributed by atoms with E-state index in [1.807, 2.05) is 19.1 Å². The molecule has 0 aromatic heterocycles. The highest BCUT2D eigenvalue weighted by Crippen LogP contribution is 2.38. The van der Waals surface area contributed by atoms with Crippen LogP contribution in [0.4, 0.5) is 0 Å². The second-order valence-corrected chi connectivity index (χ2v) is 6.85. The first-order chi connectivity index (χ1) is 12.0. The van der Waals surface area contributed by atoms with Gasteiger partial charge in [-0.05, 0) is 42.8 Å². The van der Waals surface area contributed by atoms with Gasteiger partial charge in [-0.15, -0.1) is 0 Å². The molecule has 0 fully saturated rings. The van der Waals surface area contributed by atoms with Gasteiger partial charge in [-0.1, -0.05) is 27.5 Å². The standard InChI is InChI=1S/C18H17BrClNO4/c1-10(13-8-16-17(9-14(13)19)25-6-5-24-16)21-18(22)12-4-3-11(20)7-15(12)23-2/h3-4,7-10H,5-6H2,1-2H3,(H,21,22). The molecule has 0 spiro atoms. The minimum absolute atomic E-state index is 0.247. The van der Waals surface area contributed by atoms with Crippen LogP contribution in [0, 0.1) is 0 Å². The monoisotopic (exact) mass is 425 g/mol. The number of benzene rings is 2. The van der Waals surface area contributed by atoms with E-state index in [9.17, 15) is 4.79 Å². The summed E-state index contributed by atoms with van der Waals surface area (Å²) in [5, 5.41) is 3.48. The largest absolute Gasteiger partial charge is 0.496 e. The number of methoxy groups -OCH3 is 1. The van der Waals surface area contributed by atoms with Gasteiger partial charge in [-0.3, -0.25) is 4.79 Å². The zero-order chi connectivity index (χ0) is 18.0. The fourth-order valence-corrected chi connectivity index (χ4v) is 3.44. The molecule has 7 heteroatoms. The minimum atomic E-state index is -0.252. The van der Waals surface area contributed by atoms with Crippen molar-refractivity contribution in [1.29, 1.82) is 0 Å². The third-order valence-electron chi connectivity index (χ3n) is 3.88. The number of nitrogens with one attached hydrogen (secondary N) is 1. The van der Waals surface area contributed by atoms with Gasteiger partial charge in [0.05, 0.1) is 18.7 Å². The summed E-state index contributed by atoms with van der Waals surface area (Å²) in [5.74, 6) is 1.55. The summed E-state index contributed by atoms with van der Waals surface area (Å²) in [6.45, 7) is 2.94. The Kier molecular flexibility index (Phi) is 5.39. The molecule has 2 aromatic carbocycles. The van der Waals surface area contributed by atoms with E-state index in [2.05, 4.69) is 21.2 Å². The normalized spacial score (nSPS) is 13.9. The summed E-state index contributed by atoms with van der Waals surface area (Å²) >= 11 is 9.48. The van der Waals surface area contributed by atoms with Gasteiger partial charge in [0.25, 0.3) is 5.91 Å². The lowest BCUT2D eigenvalue weighted by Gasteiger charge is -2.22. The van der Waals surface area contributed by atoms with Crippen molar-refractivity contribution >= 4 is 33.4 Å². The van der Waals surface area contributed by atoms with Crippen molar-refractivity contribution in [1.82, 2.24) is 5.32 Å². The van der Waals surface area contributed by atoms with Crippen LogP contribution in [0.25, 0.3) is 0 Å². The predicted octanol–water partition coefficient (Wildman–Crippen LogP) is 4.37. The Labute approximate surface area is 159 Å². The maximum Gasteiger partial charge on any atom is 0.255 e. The lowest BCUT2D eigenvalue weighted by atomic mass is 10.1. The van der Waals surface area contributed by atoms with Crippen molar-refractivity contribution in [3.8, 4) is 17.2 Å². The number of carbonyl (C=O) groups excluding carboxylic acids is 1. The summed E-state index contributed by atoms with van der Waals surface area (Å²) < 4.78 is 17.3. The van der Waals surface area contributed by atoms with Gasteiger partial charge in [0.1, 0.15) is 19.0 Å². The first-order valence-corrected chi connectivity index (χ1v) is 8.90. The molecule has 1 aliphatic rings. The van der Waals surface area contributed by atoms with Gasteiger partial charge < -0.3 is 19.5 Å². The van der Waals surface area contributed by atoms with E-state index in [1.165, 1.54) is 7.11 Å². The number of carbonyl (C=O) groups is 1. The molecule has 25 heavy (non-hydrogen) atoms. The number of amides is 1. The van der Waals surface area contributed by atoms with Crippen LogP contribution in [0.15, 0.2) is 34.8 Å². The number of rotatable bonds is 4. The van der Waals surface area contributed by atoms with E-state index >= 15 is 0 Å². The molecule has 0 aliphatic carbocycles. The number of hydrogen-bond acceptors (Lipinski definition) is 4. The molecule has 3 rings (SSSR count). The predicted molar refractivity (Wildman–Crippen MR) is 99.0 cm³/mol. The van der Waals surface area contributed by atoms with Crippen LogP contribution < -0.4 is 19.5 Å². The molecule has 0 saturated heterocycles. The molecule has 1 atom stereocenters. The minimum Gasteiger partial charge on any atom is -0.496 e. The molecule has 0 saturated carbocycles. The molecular formula is C18H17BrClNO4. The van der Waals surface area contributed by atoms with Gasteiger partial charge in [-0.25, -0.2) is 0 Å². The fourth-order valence-electron chi connectivity index (χ4n) is 2.62. The van der Waals surface area contributed by atoms with E-state index in [1.54, 1.807) is 18.2 Å². The average molecular weight is 427 g/mol. The van der Waals surface area contributed by atoms with Crippen LogP contribution in [0.1, 0.15) is 28.9 Å². The highest BCUT2D eigenvalue weighted by Gasteiger charge is 2.21. The number of hydrogen-bond donors (Lipinski definition) is 1. The molecule has 5 nitrogen and oxygen atoms in total. The number of halogens is 2. The Morgan fingerprint density at radius 1 is 1.24 bits per heavy atom. The van der Waals surface area contributed by atoms with Crippen molar-refractivity contribution in [3.63, 3.8) is 0 Å². The topological polar surface area (TPSA) is 56.8 Å². The summed E-state index contributed by atoms with van der Waals surface area (Å²) in [6, 6.07) is 8.39. The summed E-state index contributed by atoms with van der Waals surface area (Å²) in [5.41, 5.74) is 1.32. The third kappa shape index (κ3) is 3.85. The smallest absolute Gasteiger partial charge is 0.255 e. The van der Waals surface area contributed by atoms with Crippen LogP contribution >= 0.6 is 27.5 Å². The Bertz CT molecular complexity index is 812. The van der Waals surface area contributed by atoms with Crippen LogP contribution in [0.3, 0.4) is 0 Å². The molecule has 1 aliphatic heterocycles. The molecule has 2 aromatic rings. The maximum atomic E-state index is 12.6. The molecule has 1 N–H and O–H groups in total. The Hall–Kier alpha value is -1.92. The highest BCUT2D eigenvalue weighted by atomic mass is 79.9. The van der Waals surface area contributed by atoms with Gasteiger partial charge in [0.15, 0.2) is 11.5 Å². The third-order valence-corrected chi connectivity index (χ3v) is 4.81. The van der Waals surface area contributed by atoms with Crippen molar-refractivity contribution in [2.45, 2.75) is 13.0 Å². The number of ether oxygens (including phenoxy) is 3. The van der Waals surface area contributed by atoms with E-state index in [0.717, 1.165) is 10.0 Å². The second kappa shape index (κ2) is 7.54. The van der Waals surface area contributed by atoms with E-state index in [-0.39, 0.29) is 11.9 Å². The Morgan fingerprint density at radius 3 is 2.60 bits per heavy atom. The molecule has 1 unspecified atom stereocenters. The van der Waals surface area contributed by atoms with Crippen molar-refractivity contribution in [3.05, 3.63) is 51.0 Å². The van der Waals surface area contributed by atoms with Crippen LogP contribution in [-0.2, 0) is 0 Å². The van der Waals surface area contributed by atoms with Crippen LogP contribution in [-0.4, -0.2) is 26.2 Å². The quantitative estimate of drug-likeness (QED) is 0.788. The second-order valence-electron chi connectivity index (χ2n) is 5.56. The molecule has 1 heterocycles. The van der Waals surface area contributed by atoms with Crippen molar-refractivity contribution in [2.24, 2.45) is 0 Å². The fraction of sp³-hybridized carbons (Fsp3) is 0.278. The van der Waals surface area contributed by atoms with Gasteiger partial charge in [0, 0.05) is 9.50 Å². The van der Waals surface area contributed by atoms with E-state index in [0.29, 0.717) is 41.0 Å². The molecule has 0 radical (unpaired) electrons. The Morgan fingerprint density at radius 2 is 1.92 bits per heavy atom. The first-order valence-electron chi connectivity index (χ1n) is 7.73. The maximum absolute atomic E-state index is 12.6. The Balaban J connectivity index is 1.82. The average Bonchev–Trinajstić information content (AvgIpc) is 2.60. The molecule has 1 amide bonds. The van der Waals surface area contributed by atoms with E-state index < -0.39 is 0 Å². The number of fused-ring (bicyclic) bond motifs is 1. The van der Waals surface area contributed by atoms with Crippen LogP contribution in [0.5, 0.6) is 17.2 Å². The first kappa shape index (κ1) is 17.9. The SMILES string of the molecule is COc1cc(Cl)ccc1C(=O)NC(C)c1cc2c(cc1Br)OCCO2. The van der Waals surface area contributed by atoms with Gasteiger partial charge in [-0.2, -0.15) is 0 Å².